The molecular formula is C23H21N3O4. The fourth-order valence-corrected chi connectivity index (χ4v) is 2.77. The number of rotatable bonds is 5. The lowest BCUT2D eigenvalue weighted by molar-refractivity contribution is -0.134. The van der Waals surface area contributed by atoms with Crippen molar-refractivity contribution >= 4 is 40.5 Å². The fraction of sp³-hybridized carbons (Fsp3) is 0.0870. The van der Waals surface area contributed by atoms with Gasteiger partial charge in [-0.15, -0.1) is 0 Å². The predicted molar refractivity (Wildman–Crippen MR) is 115 cm³/mol. The molecule has 2 amide bonds. The van der Waals surface area contributed by atoms with Crippen molar-refractivity contribution in [2.24, 2.45) is 0 Å². The van der Waals surface area contributed by atoms with E-state index in [1.165, 1.54) is 29.2 Å². The highest BCUT2D eigenvalue weighted by Crippen LogP contribution is 2.26. The lowest BCUT2D eigenvalue weighted by atomic mass is 10.2. The van der Waals surface area contributed by atoms with Crippen LogP contribution in [0.2, 0.25) is 0 Å². The minimum atomic E-state index is -0.820. The van der Waals surface area contributed by atoms with Gasteiger partial charge in [-0.05, 0) is 67.6 Å². The second-order valence-electron chi connectivity index (χ2n) is 6.32. The molecule has 0 saturated heterocycles. The molecule has 0 aliphatic rings. The number of esters is 1. The van der Waals surface area contributed by atoms with Crippen LogP contribution in [-0.4, -0.2) is 24.4 Å². The number of nitrogens with zero attached hydrogens (tertiary/aromatic N) is 1. The highest BCUT2D eigenvalue weighted by Gasteiger charge is 2.25. The van der Waals surface area contributed by atoms with Crippen LogP contribution >= 0.6 is 0 Å². The van der Waals surface area contributed by atoms with E-state index >= 15 is 0 Å². The van der Waals surface area contributed by atoms with E-state index in [0.29, 0.717) is 28.3 Å². The average Bonchev–Trinajstić information content (AvgIpc) is 2.76. The first-order valence-electron chi connectivity index (χ1n) is 9.33. The number of anilines is 4. The SMILES string of the molecule is CCOC(=O)c1ccc(NC(=O)C(=O)N(c2ccccc2)c2ccc(N)cc2)cc1. The van der Waals surface area contributed by atoms with Crippen LogP contribution in [0.4, 0.5) is 22.7 Å². The lowest BCUT2D eigenvalue weighted by Crippen LogP contribution is -2.36. The Morgan fingerprint density at radius 1 is 0.867 bits per heavy atom. The molecule has 30 heavy (non-hydrogen) atoms. The van der Waals surface area contributed by atoms with Gasteiger partial charge in [0.25, 0.3) is 0 Å². The minimum absolute atomic E-state index is 0.270. The first kappa shape index (κ1) is 20.6. The largest absolute Gasteiger partial charge is 0.462 e. The van der Waals surface area contributed by atoms with Gasteiger partial charge in [-0.2, -0.15) is 0 Å². The molecule has 3 rings (SSSR count). The molecular weight excluding hydrogens is 382 g/mol. The number of hydrogen-bond acceptors (Lipinski definition) is 5. The Morgan fingerprint density at radius 3 is 2.07 bits per heavy atom. The van der Waals surface area contributed by atoms with Crippen molar-refractivity contribution in [2.75, 3.05) is 22.6 Å². The third-order valence-electron chi connectivity index (χ3n) is 4.22. The van der Waals surface area contributed by atoms with E-state index in [1.807, 2.05) is 6.07 Å². The maximum atomic E-state index is 13.0. The number of nitrogen functional groups attached to an aromatic ring is 1. The van der Waals surface area contributed by atoms with E-state index < -0.39 is 17.8 Å². The number of benzene rings is 3. The Morgan fingerprint density at radius 2 is 1.47 bits per heavy atom. The van der Waals surface area contributed by atoms with Crippen molar-refractivity contribution in [3.63, 3.8) is 0 Å². The highest BCUT2D eigenvalue weighted by atomic mass is 16.5. The normalized spacial score (nSPS) is 10.2. The van der Waals surface area contributed by atoms with Gasteiger partial charge in [0.05, 0.1) is 12.2 Å². The predicted octanol–water partition coefficient (Wildman–Crippen LogP) is 3.75. The minimum Gasteiger partial charge on any atom is -0.462 e. The van der Waals surface area contributed by atoms with Crippen molar-refractivity contribution in [1.29, 1.82) is 0 Å². The summed E-state index contributed by atoms with van der Waals surface area (Å²) in [6, 6.07) is 21.6. The first-order chi connectivity index (χ1) is 14.5. The molecule has 0 bridgehead atoms. The number of nitrogens with two attached hydrogens (primary N) is 1. The Labute approximate surface area is 174 Å². The Hall–Kier alpha value is -4.13. The maximum Gasteiger partial charge on any atom is 0.338 e. The number of carbonyl (C=O) groups excluding carboxylic acids is 3. The van der Waals surface area contributed by atoms with E-state index in [9.17, 15) is 14.4 Å². The number of ether oxygens (including phenoxy) is 1. The van der Waals surface area contributed by atoms with Crippen LogP contribution in [0.3, 0.4) is 0 Å². The van der Waals surface area contributed by atoms with Crippen LogP contribution < -0.4 is 16.0 Å². The number of amides is 2. The molecule has 0 fully saturated rings. The smallest absolute Gasteiger partial charge is 0.338 e. The Kier molecular flexibility index (Phi) is 6.44. The Bertz CT molecular complexity index is 1030. The summed E-state index contributed by atoms with van der Waals surface area (Å²) >= 11 is 0. The van der Waals surface area contributed by atoms with Crippen molar-refractivity contribution in [3.05, 3.63) is 84.4 Å². The molecule has 3 N–H and O–H groups in total. The molecule has 3 aromatic rings. The van der Waals surface area contributed by atoms with E-state index in [1.54, 1.807) is 55.5 Å². The van der Waals surface area contributed by atoms with E-state index in [0.717, 1.165) is 0 Å². The zero-order valence-corrected chi connectivity index (χ0v) is 16.4. The molecule has 0 radical (unpaired) electrons. The zero-order valence-electron chi connectivity index (χ0n) is 16.4. The summed E-state index contributed by atoms with van der Waals surface area (Å²) in [4.78, 5) is 38.7. The van der Waals surface area contributed by atoms with Crippen molar-refractivity contribution < 1.29 is 19.1 Å². The Balaban J connectivity index is 1.81. The second kappa shape index (κ2) is 9.38. The molecule has 0 unspecified atom stereocenters. The van der Waals surface area contributed by atoms with Crippen LogP contribution in [0.1, 0.15) is 17.3 Å². The summed E-state index contributed by atoms with van der Waals surface area (Å²) in [5, 5.41) is 2.56. The van der Waals surface area contributed by atoms with E-state index in [2.05, 4.69) is 5.32 Å². The zero-order chi connectivity index (χ0) is 21.5. The van der Waals surface area contributed by atoms with Gasteiger partial charge in [-0.3, -0.25) is 14.5 Å². The van der Waals surface area contributed by atoms with E-state index in [4.69, 9.17) is 10.5 Å². The van der Waals surface area contributed by atoms with Crippen LogP contribution in [0.25, 0.3) is 0 Å². The quantitative estimate of drug-likeness (QED) is 0.384. The molecule has 0 aliphatic carbocycles. The molecule has 7 heteroatoms. The summed E-state index contributed by atoms with van der Waals surface area (Å²) in [6.07, 6.45) is 0. The van der Waals surface area contributed by atoms with Gasteiger partial charge < -0.3 is 15.8 Å². The number of para-hydroxylation sites is 1. The van der Waals surface area contributed by atoms with Crippen LogP contribution in [0, 0.1) is 0 Å². The topological polar surface area (TPSA) is 102 Å². The number of carbonyl (C=O) groups is 3. The van der Waals surface area contributed by atoms with E-state index in [-0.39, 0.29) is 6.61 Å². The van der Waals surface area contributed by atoms with Crippen molar-refractivity contribution in [2.45, 2.75) is 6.92 Å². The molecule has 0 aliphatic heterocycles. The van der Waals surface area contributed by atoms with Crippen molar-refractivity contribution in [1.82, 2.24) is 0 Å². The fourth-order valence-electron chi connectivity index (χ4n) is 2.77. The summed E-state index contributed by atoms with van der Waals surface area (Å²) < 4.78 is 4.93. The van der Waals surface area contributed by atoms with Crippen LogP contribution in [-0.2, 0) is 14.3 Å². The van der Waals surface area contributed by atoms with Crippen LogP contribution in [0.5, 0.6) is 0 Å². The van der Waals surface area contributed by atoms with Gasteiger partial charge in [0.2, 0.25) is 0 Å². The van der Waals surface area contributed by atoms with Gasteiger partial charge in [-0.25, -0.2) is 4.79 Å². The molecule has 7 nitrogen and oxygen atoms in total. The molecule has 0 spiro atoms. The van der Waals surface area contributed by atoms with Gasteiger partial charge in [0.1, 0.15) is 0 Å². The van der Waals surface area contributed by atoms with Gasteiger partial charge in [0.15, 0.2) is 0 Å². The monoisotopic (exact) mass is 403 g/mol. The van der Waals surface area contributed by atoms with Gasteiger partial charge in [-0.1, -0.05) is 18.2 Å². The maximum absolute atomic E-state index is 13.0. The van der Waals surface area contributed by atoms with Crippen LogP contribution in [0.15, 0.2) is 78.9 Å². The summed E-state index contributed by atoms with van der Waals surface area (Å²) in [7, 11) is 0. The molecule has 0 saturated carbocycles. The molecule has 0 atom stereocenters. The van der Waals surface area contributed by atoms with Gasteiger partial charge >= 0.3 is 17.8 Å². The number of nitrogens with one attached hydrogen (secondary N) is 1. The number of hydrogen-bond donors (Lipinski definition) is 2. The molecule has 0 heterocycles. The second-order valence-corrected chi connectivity index (χ2v) is 6.32. The summed E-state index contributed by atoms with van der Waals surface area (Å²) in [5.74, 6) is -2.04. The lowest BCUT2D eigenvalue weighted by Gasteiger charge is -2.22. The highest BCUT2D eigenvalue weighted by molar-refractivity contribution is 6.45. The third kappa shape index (κ3) is 4.82. The molecule has 0 aromatic heterocycles. The molecule has 152 valence electrons. The third-order valence-corrected chi connectivity index (χ3v) is 4.22. The first-order valence-corrected chi connectivity index (χ1v) is 9.33. The van der Waals surface area contributed by atoms with Gasteiger partial charge in [0, 0.05) is 22.7 Å². The standard InChI is InChI=1S/C23H21N3O4/c1-2-30-23(29)16-8-12-18(13-9-16)25-21(27)22(28)26(19-6-4-3-5-7-19)20-14-10-17(24)11-15-20/h3-15H,2,24H2,1H3,(H,25,27). The van der Waals surface area contributed by atoms with Crippen molar-refractivity contribution in [3.8, 4) is 0 Å². The molecule has 3 aromatic carbocycles. The summed E-state index contributed by atoms with van der Waals surface area (Å²) in [5.41, 5.74) is 8.07. The summed E-state index contributed by atoms with van der Waals surface area (Å²) in [6.45, 7) is 1.99. The average molecular weight is 403 g/mol.